The second-order valence-corrected chi connectivity index (χ2v) is 5.37. The summed E-state index contributed by atoms with van der Waals surface area (Å²) >= 11 is 5.70. The van der Waals surface area contributed by atoms with E-state index >= 15 is 0 Å². The molecule has 1 aromatic heterocycles. The number of hydrogen-bond acceptors (Lipinski definition) is 3. The number of pyridine rings is 1. The summed E-state index contributed by atoms with van der Waals surface area (Å²) in [5.41, 5.74) is 0.352. The van der Waals surface area contributed by atoms with Crippen molar-refractivity contribution in [1.82, 2.24) is 9.88 Å². The molecule has 0 aromatic carbocycles. The van der Waals surface area contributed by atoms with Gasteiger partial charge in [0.1, 0.15) is 5.15 Å². The normalized spacial score (nSPS) is 18.6. The Morgan fingerprint density at radius 1 is 1.43 bits per heavy atom. The molecule has 4 nitrogen and oxygen atoms in total. The monoisotopic (exact) mass is 322 g/mol. The average Bonchev–Trinajstić information content (AvgIpc) is 2.45. The molecule has 0 bridgehead atoms. The second kappa shape index (κ2) is 6.19. The van der Waals surface area contributed by atoms with Gasteiger partial charge in [-0.3, -0.25) is 4.79 Å². The van der Waals surface area contributed by atoms with E-state index in [9.17, 15) is 23.1 Å². The third kappa shape index (κ3) is 3.85. The second-order valence-electron chi connectivity index (χ2n) is 4.98. The standard InChI is InChI=1S/C13H14ClF3N2O2/c14-10-7-9(1-4-18-10)12(21)19-5-2-8(3-6-19)11(20)13(15,16)17/h1,4,7-8,11,20H,2-3,5-6H2. The first-order valence-corrected chi connectivity index (χ1v) is 6.82. The van der Waals surface area contributed by atoms with E-state index in [1.165, 1.54) is 23.2 Å². The fourth-order valence-electron chi connectivity index (χ4n) is 2.40. The van der Waals surface area contributed by atoms with Crippen LogP contribution in [0, 0.1) is 5.92 Å². The molecule has 1 N–H and O–H groups in total. The lowest BCUT2D eigenvalue weighted by molar-refractivity contribution is -0.222. The molecule has 116 valence electrons. The Morgan fingerprint density at radius 3 is 2.57 bits per heavy atom. The van der Waals surface area contributed by atoms with Gasteiger partial charge in [0.2, 0.25) is 0 Å². The van der Waals surface area contributed by atoms with Gasteiger partial charge in [-0.25, -0.2) is 4.98 Å². The maximum Gasteiger partial charge on any atom is 0.414 e. The highest BCUT2D eigenvalue weighted by atomic mass is 35.5. The fourth-order valence-corrected chi connectivity index (χ4v) is 2.58. The zero-order valence-corrected chi connectivity index (χ0v) is 11.7. The largest absolute Gasteiger partial charge is 0.414 e. The molecule has 2 rings (SSSR count). The third-order valence-corrected chi connectivity index (χ3v) is 3.79. The van der Waals surface area contributed by atoms with Crippen molar-refractivity contribution in [3.8, 4) is 0 Å². The van der Waals surface area contributed by atoms with Gasteiger partial charge < -0.3 is 10.0 Å². The molecule has 1 amide bonds. The molecule has 1 unspecified atom stereocenters. The summed E-state index contributed by atoms with van der Waals surface area (Å²) in [6.07, 6.45) is -5.31. The molecular formula is C13H14ClF3N2O2. The number of carbonyl (C=O) groups excluding carboxylic acids is 1. The van der Waals surface area contributed by atoms with Gasteiger partial charge in [0, 0.05) is 24.8 Å². The summed E-state index contributed by atoms with van der Waals surface area (Å²) in [4.78, 5) is 17.4. The highest BCUT2D eigenvalue weighted by Gasteiger charge is 2.44. The Labute approximate surface area is 124 Å². The van der Waals surface area contributed by atoms with Gasteiger partial charge in [0.05, 0.1) is 0 Å². The van der Waals surface area contributed by atoms with E-state index in [2.05, 4.69) is 4.98 Å². The van der Waals surface area contributed by atoms with Gasteiger partial charge >= 0.3 is 6.18 Å². The number of halogens is 4. The number of amides is 1. The Morgan fingerprint density at radius 2 is 2.05 bits per heavy atom. The van der Waals surface area contributed by atoms with Gasteiger partial charge in [-0.15, -0.1) is 0 Å². The Bertz CT molecular complexity index is 516. The lowest BCUT2D eigenvalue weighted by atomic mass is 9.90. The van der Waals surface area contributed by atoms with Crippen LogP contribution in [-0.4, -0.2) is 46.3 Å². The molecule has 1 fully saturated rings. The molecule has 0 spiro atoms. The minimum Gasteiger partial charge on any atom is -0.383 e. The molecule has 2 heterocycles. The molecule has 0 aliphatic carbocycles. The first-order chi connectivity index (χ1) is 9.79. The van der Waals surface area contributed by atoms with Crippen LogP contribution in [-0.2, 0) is 0 Å². The number of nitrogens with zero attached hydrogens (tertiary/aromatic N) is 2. The van der Waals surface area contributed by atoms with E-state index in [1.807, 2.05) is 0 Å². The summed E-state index contributed by atoms with van der Waals surface area (Å²) in [6.45, 7) is 0.354. The summed E-state index contributed by atoms with van der Waals surface area (Å²) in [6, 6.07) is 2.92. The van der Waals surface area contributed by atoms with Crippen molar-refractivity contribution in [2.45, 2.75) is 25.1 Å². The molecule has 8 heteroatoms. The third-order valence-electron chi connectivity index (χ3n) is 3.58. The van der Waals surface area contributed by atoms with Crippen LogP contribution in [0.2, 0.25) is 5.15 Å². The Hall–Kier alpha value is -1.34. The summed E-state index contributed by atoms with van der Waals surface area (Å²) in [5, 5.41) is 9.42. The van der Waals surface area contributed by atoms with Crippen LogP contribution in [0.5, 0.6) is 0 Å². The molecule has 1 aliphatic rings. The van der Waals surface area contributed by atoms with Crippen molar-refractivity contribution in [3.63, 3.8) is 0 Å². The molecule has 1 saturated heterocycles. The van der Waals surface area contributed by atoms with Crippen LogP contribution in [0.1, 0.15) is 23.2 Å². The van der Waals surface area contributed by atoms with Gasteiger partial charge in [-0.1, -0.05) is 11.6 Å². The van der Waals surface area contributed by atoms with E-state index < -0.39 is 18.2 Å². The van der Waals surface area contributed by atoms with Crippen molar-refractivity contribution in [1.29, 1.82) is 0 Å². The zero-order chi connectivity index (χ0) is 15.6. The molecule has 0 saturated carbocycles. The van der Waals surface area contributed by atoms with Crippen LogP contribution in [0.3, 0.4) is 0 Å². The number of carbonyl (C=O) groups is 1. The van der Waals surface area contributed by atoms with Gasteiger partial charge in [0.15, 0.2) is 6.10 Å². The highest BCUT2D eigenvalue weighted by Crippen LogP contribution is 2.31. The lowest BCUT2D eigenvalue weighted by Crippen LogP contribution is -2.45. The first-order valence-electron chi connectivity index (χ1n) is 6.44. The summed E-state index contributed by atoms with van der Waals surface area (Å²) in [5.74, 6) is -1.16. The van der Waals surface area contributed by atoms with Crippen LogP contribution in [0.15, 0.2) is 18.3 Å². The number of alkyl halides is 3. The van der Waals surface area contributed by atoms with Crippen LogP contribution >= 0.6 is 11.6 Å². The highest BCUT2D eigenvalue weighted by molar-refractivity contribution is 6.29. The van der Waals surface area contributed by atoms with E-state index in [4.69, 9.17) is 11.6 Å². The van der Waals surface area contributed by atoms with Crippen LogP contribution < -0.4 is 0 Å². The van der Waals surface area contributed by atoms with Crippen LogP contribution in [0.25, 0.3) is 0 Å². The van der Waals surface area contributed by atoms with E-state index in [0.717, 1.165) is 0 Å². The van der Waals surface area contributed by atoms with Gasteiger partial charge in [-0.05, 0) is 30.9 Å². The van der Waals surface area contributed by atoms with Crippen LogP contribution in [0.4, 0.5) is 13.2 Å². The number of aromatic nitrogens is 1. The molecule has 21 heavy (non-hydrogen) atoms. The van der Waals surface area contributed by atoms with Crippen molar-refractivity contribution in [2.75, 3.05) is 13.1 Å². The summed E-state index contributed by atoms with van der Waals surface area (Å²) in [7, 11) is 0. The van der Waals surface area contributed by atoms with Gasteiger partial charge in [0.25, 0.3) is 5.91 Å². The molecule has 1 atom stereocenters. The van der Waals surface area contributed by atoms with Gasteiger partial charge in [-0.2, -0.15) is 13.2 Å². The summed E-state index contributed by atoms with van der Waals surface area (Å²) < 4.78 is 37.3. The average molecular weight is 323 g/mol. The molecular weight excluding hydrogens is 309 g/mol. The van der Waals surface area contributed by atoms with Crippen molar-refractivity contribution < 1.29 is 23.1 Å². The number of aliphatic hydroxyl groups is 1. The molecule has 1 aromatic rings. The number of piperidine rings is 1. The molecule has 1 aliphatic heterocycles. The quantitative estimate of drug-likeness (QED) is 0.851. The number of aliphatic hydroxyl groups excluding tert-OH is 1. The maximum absolute atomic E-state index is 12.4. The first kappa shape index (κ1) is 16.0. The predicted octanol–water partition coefficient (Wildman–Crippen LogP) is 2.51. The lowest BCUT2D eigenvalue weighted by Gasteiger charge is -2.34. The van der Waals surface area contributed by atoms with Crippen molar-refractivity contribution in [3.05, 3.63) is 29.0 Å². The predicted molar refractivity (Wildman–Crippen MR) is 69.9 cm³/mol. The van der Waals surface area contributed by atoms with Crippen molar-refractivity contribution >= 4 is 17.5 Å². The fraction of sp³-hybridized carbons (Fsp3) is 0.538. The smallest absolute Gasteiger partial charge is 0.383 e. The van der Waals surface area contributed by atoms with E-state index in [1.54, 1.807) is 0 Å². The minimum atomic E-state index is -4.62. The topological polar surface area (TPSA) is 53.4 Å². The van der Waals surface area contributed by atoms with Crippen molar-refractivity contribution in [2.24, 2.45) is 5.92 Å². The zero-order valence-electron chi connectivity index (χ0n) is 11.0. The molecule has 0 radical (unpaired) electrons. The SMILES string of the molecule is O=C(c1ccnc(Cl)c1)N1CCC(C(O)C(F)(F)F)CC1. The number of likely N-dealkylation sites (tertiary alicyclic amines) is 1. The minimum absolute atomic E-state index is 0.116. The number of rotatable bonds is 2. The maximum atomic E-state index is 12.4. The Kier molecular flexibility index (Phi) is 4.73. The Balaban J connectivity index is 1.96. The van der Waals surface area contributed by atoms with E-state index in [-0.39, 0.29) is 37.0 Å². The van der Waals surface area contributed by atoms with E-state index in [0.29, 0.717) is 5.56 Å². The number of hydrogen-bond donors (Lipinski definition) is 1.